The van der Waals surface area contributed by atoms with Gasteiger partial charge < -0.3 is 18.8 Å². The van der Waals surface area contributed by atoms with Gasteiger partial charge in [0.2, 0.25) is 0 Å². The standard InChI is InChI=1S/4C4H12NS.4FH/c4*1-3-6(5)4-2;;;;/h4*3-5H2,1-2H3;4*1H/q4*+1;;;;/p-4. The molecule has 0 amide bonds. The fourth-order valence-electron chi connectivity index (χ4n) is 0.816. The number of hydrogen-bond acceptors (Lipinski definition) is 4. The molecule has 0 spiro atoms. The zero-order chi connectivity index (χ0) is 20.0. The first-order valence-corrected chi connectivity index (χ1v) is 15.4. The Labute approximate surface area is 184 Å². The molecule has 184 valence electrons. The van der Waals surface area contributed by atoms with Crippen molar-refractivity contribution in [2.24, 2.45) is 20.6 Å². The van der Waals surface area contributed by atoms with Gasteiger partial charge in [0, 0.05) is 0 Å². The highest BCUT2D eigenvalue weighted by atomic mass is 32.2. The van der Waals surface area contributed by atoms with E-state index in [0.717, 1.165) is 46.0 Å². The first-order chi connectivity index (χ1) is 11.2. The molecule has 0 aromatic rings. The van der Waals surface area contributed by atoms with Crippen LogP contribution in [-0.2, 0) is 44.3 Å². The van der Waals surface area contributed by atoms with Crippen LogP contribution in [0.2, 0.25) is 0 Å². The fraction of sp³-hybridized carbons (Fsp3) is 1.00. The minimum absolute atomic E-state index is 0. The van der Waals surface area contributed by atoms with Crippen LogP contribution in [0.4, 0.5) is 0 Å². The summed E-state index contributed by atoms with van der Waals surface area (Å²) in [6.45, 7) is 16.9. The van der Waals surface area contributed by atoms with Crippen LogP contribution in [-0.4, -0.2) is 46.0 Å². The van der Waals surface area contributed by atoms with E-state index < -0.39 is 0 Å². The average molecular weight is 501 g/mol. The smallest absolute Gasteiger partial charge is 0.124 e. The van der Waals surface area contributed by atoms with E-state index in [0.29, 0.717) is 0 Å². The lowest BCUT2D eigenvalue weighted by molar-refractivity contribution is -0.00100. The van der Waals surface area contributed by atoms with Crippen molar-refractivity contribution < 1.29 is 18.8 Å². The van der Waals surface area contributed by atoms with Gasteiger partial charge in [0.1, 0.15) is 46.0 Å². The second kappa shape index (κ2) is 46.3. The SMILES string of the molecule is CC[S+](N)CC.CC[S+](N)CC.CC[S+](N)CC.CC[S+](N)CC.[F-].[F-].[F-].[F-]. The summed E-state index contributed by atoms with van der Waals surface area (Å²) in [5.74, 6) is 9.08. The molecule has 0 radical (unpaired) electrons. The van der Waals surface area contributed by atoms with Gasteiger partial charge in [-0.2, -0.15) is 20.6 Å². The quantitative estimate of drug-likeness (QED) is 0.196. The lowest BCUT2D eigenvalue weighted by atomic mass is 11.0. The topological polar surface area (TPSA) is 104 Å². The Hall–Kier alpha value is 0.960. The summed E-state index contributed by atoms with van der Waals surface area (Å²) in [6.07, 6.45) is 0. The molecule has 0 bridgehead atoms. The van der Waals surface area contributed by atoms with E-state index in [9.17, 15) is 0 Å². The van der Waals surface area contributed by atoms with Crippen molar-refractivity contribution in [1.82, 2.24) is 0 Å². The number of halogens is 4. The lowest BCUT2D eigenvalue weighted by Gasteiger charge is -1.88. The van der Waals surface area contributed by atoms with Crippen LogP contribution in [0.1, 0.15) is 55.4 Å². The van der Waals surface area contributed by atoms with E-state index in [2.05, 4.69) is 55.4 Å². The molecule has 0 saturated carbocycles. The Morgan fingerprint density at radius 2 is 0.393 bits per heavy atom. The molecule has 0 rings (SSSR count). The van der Waals surface area contributed by atoms with Gasteiger partial charge in [-0.25, -0.2) is 0 Å². The molecule has 0 aliphatic carbocycles. The molecule has 0 fully saturated rings. The molecule has 8 N–H and O–H groups in total. The van der Waals surface area contributed by atoms with E-state index in [4.69, 9.17) is 20.6 Å². The first kappa shape index (κ1) is 51.5. The molecule has 0 saturated heterocycles. The monoisotopic (exact) mass is 500 g/mol. The van der Waals surface area contributed by atoms with Crippen molar-refractivity contribution in [2.75, 3.05) is 46.0 Å². The van der Waals surface area contributed by atoms with Crippen LogP contribution < -0.4 is 39.4 Å². The number of hydrogen-bond donors (Lipinski definition) is 4. The van der Waals surface area contributed by atoms with E-state index in [1.807, 2.05) is 0 Å². The molecule has 0 atom stereocenters. The molecule has 0 unspecified atom stereocenters. The van der Waals surface area contributed by atoms with E-state index in [1.165, 1.54) is 0 Å². The second-order valence-electron chi connectivity index (χ2n) is 4.46. The Balaban J connectivity index is -0.0000000303. The summed E-state index contributed by atoms with van der Waals surface area (Å²) in [5.41, 5.74) is 0. The lowest BCUT2D eigenvalue weighted by Crippen LogP contribution is -3.00. The average Bonchev–Trinajstić information content (AvgIpc) is 2.66. The van der Waals surface area contributed by atoms with Crippen LogP contribution in [0, 0.1) is 0 Å². The maximum Gasteiger partial charge on any atom is 0.124 e. The highest BCUT2D eigenvalue weighted by molar-refractivity contribution is 7.95. The summed E-state index contributed by atoms with van der Waals surface area (Å²) in [6, 6.07) is 0. The van der Waals surface area contributed by atoms with Crippen LogP contribution >= 0.6 is 0 Å². The van der Waals surface area contributed by atoms with Crippen LogP contribution in [0.5, 0.6) is 0 Å². The van der Waals surface area contributed by atoms with E-state index in [1.54, 1.807) is 0 Å². The first-order valence-electron chi connectivity index (χ1n) is 8.91. The van der Waals surface area contributed by atoms with Crippen LogP contribution in [0.3, 0.4) is 0 Å². The molecular formula is C16H48F4N4S4. The van der Waals surface area contributed by atoms with E-state index in [-0.39, 0.29) is 63.1 Å². The minimum atomic E-state index is 0. The summed E-state index contributed by atoms with van der Waals surface area (Å²) in [5, 5.41) is 22.0. The van der Waals surface area contributed by atoms with Crippen molar-refractivity contribution in [3.05, 3.63) is 0 Å². The van der Waals surface area contributed by atoms with E-state index >= 15 is 0 Å². The summed E-state index contributed by atoms with van der Waals surface area (Å²) in [7, 11) is 0. The Morgan fingerprint density at radius 1 is 0.321 bits per heavy atom. The molecule has 28 heavy (non-hydrogen) atoms. The highest BCUT2D eigenvalue weighted by Crippen LogP contribution is 1.81. The molecule has 0 aliphatic rings. The molecular weight excluding hydrogens is 452 g/mol. The van der Waals surface area contributed by atoms with Gasteiger partial charge in [0.05, 0.1) is 44.3 Å². The Kier molecular flexibility index (Phi) is 85.1. The normalized spacial score (nSPS) is 8.57. The van der Waals surface area contributed by atoms with Crippen LogP contribution in [0.15, 0.2) is 0 Å². The van der Waals surface area contributed by atoms with Crippen LogP contribution in [0.25, 0.3) is 0 Å². The largest absolute Gasteiger partial charge is 1.00 e. The Bertz CT molecular complexity index is 163. The van der Waals surface area contributed by atoms with Gasteiger partial charge in [-0.05, 0) is 55.4 Å². The maximum absolute atomic E-state index is 5.50. The molecule has 4 nitrogen and oxygen atoms in total. The number of rotatable bonds is 8. The minimum Gasteiger partial charge on any atom is -1.00 e. The summed E-state index contributed by atoms with van der Waals surface area (Å²) in [4.78, 5) is 0. The maximum atomic E-state index is 5.50. The third kappa shape index (κ3) is 63.2. The van der Waals surface area contributed by atoms with Gasteiger partial charge in [-0.15, -0.1) is 0 Å². The van der Waals surface area contributed by atoms with Gasteiger partial charge in [0.25, 0.3) is 0 Å². The van der Waals surface area contributed by atoms with Gasteiger partial charge in [-0.1, -0.05) is 0 Å². The predicted octanol–water partition coefficient (Wildman–Crippen LogP) is -9.91. The zero-order valence-electron chi connectivity index (χ0n) is 19.1. The molecule has 0 aromatic heterocycles. The van der Waals surface area contributed by atoms with Gasteiger partial charge in [0.15, 0.2) is 0 Å². The Morgan fingerprint density at radius 3 is 0.393 bits per heavy atom. The van der Waals surface area contributed by atoms with Gasteiger partial charge >= 0.3 is 0 Å². The van der Waals surface area contributed by atoms with Crippen molar-refractivity contribution >= 4 is 44.3 Å². The van der Waals surface area contributed by atoms with Crippen molar-refractivity contribution in [3.63, 3.8) is 0 Å². The van der Waals surface area contributed by atoms with Crippen molar-refractivity contribution in [3.8, 4) is 0 Å². The number of nitrogens with two attached hydrogens (primary N) is 4. The second-order valence-corrected chi connectivity index (χ2v) is 13.4. The zero-order valence-corrected chi connectivity index (χ0v) is 22.4. The molecule has 0 aliphatic heterocycles. The fourth-order valence-corrected chi connectivity index (χ4v) is 2.45. The highest BCUT2D eigenvalue weighted by Gasteiger charge is 2.01. The summed E-state index contributed by atoms with van der Waals surface area (Å²) < 4.78 is 0. The predicted molar refractivity (Wildman–Crippen MR) is 131 cm³/mol. The van der Waals surface area contributed by atoms with Crippen molar-refractivity contribution in [2.45, 2.75) is 55.4 Å². The summed E-state index contributed by atoms with van der Waals surface area (Å²) >= 11 is 0.864. The molecule has 12 heteroatoms. The third-order valence-corrected chi connectivity index (χ3v) is 8.90. The molecule has 0 heterocycles. The molecule has 0 aromatic carbocycles. The van der Waals surface area contributed by atoms with Gasteiger partial charge in [-0.3, -0.25) is 0 Å². The van der Waals surface area contributed by atoms with Crippen molar-refractivity contribution in [1.29, 1.82) is 0 Å². The third-order valence-electron chi connectivity index (χ3n) is 2.97.